The Morgan fingerprint density at radius 2 is 1.97 bits per heavy atom. The Morgan fingerprint density at radius 1 is 1.21 bits per heavy atom. The van der Waals surface area contributed by atoms with E-state index in [0.717, 1.165) is 23.8 Å². The molecule has 2 amide bonds. The lowest BCUT2D eigenvalue weighted by Crippen LogP contribution is -2.50. The lowest BCUT2D eigenvalue weighted by Gasteiger charge is -2.32. The van der Waals surface area contributed by atoms with Gasteiger partial charge in [0.1, 0.15) is 12.4 Å². The number of nitrogens with zero attached hydrogens (tertiary/aromatic N) is 1. The molecule has 0 unspecified atom stereocenters. The van der Waals surface area contributed by atoms with Crippen LogP contribution in [0.5, 0.6) is 5.75 Å². The van der Waals surface area contributed by atoms with E-state index in [9.17, 15) is 13.2 Å². The van der Waals surface area contributed by atoms with Gasteiger partial charge in [0.2, 0.25) is 10.0 Å². The molecular weight excluding hydrogens is 390 g/mol. The second-order valence-electron chi connectivity index (χ2n) is 7.38. The van der Waals surface area contributed by atoms with Crippen molar-refractivity contribution in [3.8, 4) is 5.75 Å². The van der Waals surface area contributed by atoms with E-state index < -0.39 is 10.0 Å². The fourth-order valence-electron chi connectivity index (χ4n) is 3.34. The predicted octanol–water partition coefficient (Wildman–Crippen LogP) is 3.12. The summed E-state index contributed by atoms with van der Waals surface area (Å²) in [5.74, 6) is 0.602. The molecule has 29 heavy (non-hydrogen) atoms. The zero-order valence-corrected chi connectivity index (χ0v) is 17.5. The highest BCUT2D eigenvalue weighted by atomic mass is 32.2. The minimum atomic E-state index is -3.31. The van der Waals surface area contributed by atoms with E-state index in [2.05, 4.69) is 10.0 Å². The van der Waals surface area contributed by atoms with Gasteiger partial charge in [0.15, 0.2) is 0 Å². The number of urea groups is 1. The largest absolute Gasteiger partial charge is 0.487 e. The number of piperidine rings is 1. The van der Waals surface area contributed by atoms with E-state index in [4.69, 9.17) is 4.74 Å². The van der Waals surface area contributed by atoms with Crippen molar-refractivity contribution in [3.05, 3.63) is 59.7 Å². The van der Waals surface area contributed by atoms with Gasteiger partial charge in [0.25, 0.3) is 0 Å². The minimum absolute atomic E-state index is 0.265. The second-order valence-corrected chi connectivity index (χ2v) is 9.16. The summed E-state index contributed by atoms with van der Waals surface area (Å²) < 4.78 is 31.5. The number of hydrogen-bond acceptors (Lipinski definition) is 4. The topological polar surface area (TPSA) is 87.7 Å². The number of amides is 2. The van der Waals surface area contributed by atoms with Crippen molar-refractivity contribution in [2.75, 3.05) is 24.7 Å². The van der Waals surface area contributed by atoms with Crippen LogP contribution in [0.25, 0.3) is 0 Å². The Balaban J connectivity index is 1.66. The summed E-state index contributed by atoms with van der Waals surface area (Å²) in [5, 5.41) is 2.91. The van der Waals surface area contributed by atoms with Gasteiger partial charge in [0, 0.05) is 19.1 Å². The fraction of sp³-hybridized carbons (Fsp3) is 0.381. The summed E-state index contributed by atoms with van der Waals surface area (Å²) in [6, 6.07) is 14.9. The van der Waals surface area contributed by atoms with Crippen molar-refractivity contribution < 1.29 is 17.9 Å². The van der Waals surface area contributed by atoms with Crippen LogP contribution in [-0.2, 0) is 16.6 Å². The normalized spacial score (nSPS) is 17.0. The van der Waals surface area contributed by atoms with Gasteiger partial charge in [-0.25, -0.2) is 17.9 Å². The monoisotopic (exact) mass is 417 g/mol. The molecule has 0 radical (unpaired) electrons. The first-order valence-electron chi connectivity index (χ1n) is 9.61. The molecule has 7 nitrogen and oxygen atoms in total. The third-order valence-corrected chi connectivity index (χ3v) is 5.47. The van der Waals surface area contributed by atoms with Crippen LogP contribution >= 0.6 is 0 Å². The molecule has 2 N–H and O–H groups in total. The van der Waals surface area contributed by atoms with Crippen LogP contribution in [0.1, 0.15) is 24.0 Å². The molecule has 0 aliphatic carbocycles. The number of hydrogen-bond donors (Lipinski definition) is 2. The molecule has 2 aromatic carbocycles. The van der Waals surface area contributed by atoms with E-state index in [1.807, 2.05) is 55.5 Å². The van der Waals surface area contributed by atoms with Gasteiger partial charge in [-0.1, -0.05) is 36.4 Å². The van der Waals surface area contributed by atoms with Gasteiger partial charge in [-0.15, -0.1) is 0 Å². The molecule has 2 aromatic rings. The van der Waals surface area contributed by atoms with Crippen LogP contribution in [-0.4, -0.2) is 44.7 Å². The molecule has 3 rings (SSSR count). The molecule has 0 spiro atoms. The number of carbonyl (C=O) groups excluding carboxylic acids is 1. The van der Waals surface area contributed by atoms with E-state index in [1.54, 1.807) is 4.90 Å². The quantitative estimate of drug-likeness (QED) is 0.756. The number of rotatable bonds is 6. The summed E-state index contributed by atoms with van der Waals surface area (Å²) in [5.41, 5.74) is 2.66. The number of benzene rings is 2. The highest BCUT2D eigenvalue weighted by molar-refractivity contribution is 7.88. The number of nitrogens with one attached hydrogen (secondary N) is 2. The molecule has 0 saturated carbocycles. The van der Waals surface area contributed by atoms with Gasteiger partial charge >= 0.3 is 6.03 Å². The Hall–Kier alpha value is -2.58. The number of anilines is 1. The summed E-state index contributed by atoms with van der Waals surface area (Å²) in [6.45, 7) is 3.29. The van der Waals surface area contributed by atoms with Gasteiger partial charge in [-0.3, -0.25) is 0 Å². The Morgan fingerprint density at radius 3 is 2.69 bits per heavy atom. The number of ether oxygens (including phenoxy) is 1. The molecule has 0 bridgehead atoms. The second kappa shape index (κ2) is 9.28. The zero-order chi connectivity index (χ0) is 20.9. The van der Waals surface area contributed by atoms with Crippen molar-refractivity contribution >= 4 is 21.7 Å². The first-order chi connectivity index (χ1) is 13.8. The van der Waals surface area contributed by atoms with Gasteiger partial charge in [-0.2, -0.15) is 0 Å². The molecule has 1 saturated heterocycles. The van der Waals surface area contributed by atoms with Crippen LogP contribution < -0.4 is 14.8 Å². The summed E-state index contributed by atoms with van der Waals surface area (Å²) in [7, 11) is -3.31. The lowest BCUT2D eigenvalue weighted by molar-refractivity contribution is 0.190. The fourth-order valence-corrected chi connectivity index (χ4v) is 4.14. The zero-order valence-electron chi connectivity index (χ0n) is 16.7. The van der Waals surface area contributed by atoms with E-state index in [1.165, 1.54) is 0 Å². The van der Waals surface area contributed by atoms with Gasteiger partial charge in [-0.05, 0) is 43.0 Å². The number of carbonyl (C=O) groups is 1. The summed E-state index contributed by atoms with van der Waals surface area (Å²) >= 11 is 0. The molecule has 1 aliphatic rings. The minimum Gasteiger partial charge on any atom is -0.487 e. The average Bonchev–Trinajstić information content (AvgIpc) is 2.68. The highest BCUT2D eigenvalue weighted by Gasteiger charge is 2.26. The first-order valence-corrected chi connectivity index (χ1v) is 11.5. The van der Waals surface area contributed by atoms with Crippen molar-refractivity contribution in [2.45, 2.75) is 32.4 Å². The van der Waals surface area contributed by atoms with Crippen molar-refractivity contribution in [3.63, 3.8) is 0 Å². The molecule has 156 valence electrons. The van der Waals surface area contributed by atoms with Gasteiger partial charge in [0.05, 0.1) is 11.9 Å². The summed E-state index contributed by atoms with van der Waals surface area (Å²) in [6.07, 6.45) is 2.59. The Bertz CT molecular complexity index is 948. The molecule has 0 aromatic heterocycles. The highest BCUT2D eigenvalue weighted by Crippen LogP contribution is 2.27. The molecule has 1 atom stereocenters. The number of sulfonamides is 1. The number of aryl methyl sites for hydroxylation is 1. The van der Waals surface area contributed by atoms with E-state index >= 15 is 0 Å². The van der Waals surface area contributed by atoms with Crippen LogP contribution in [0, 0.1) is 6.92 Å². The maximum absolute atomic E-state index is 12.8. The average molecular weight is 418 g/mol. The van der Waals surface area contributed by atoms with Crippen molar-refractivity contribution in [2.24, 2.45) is 0 Å². The molecule has 1 heterocycles. The summed E-state index contributed by atoms with van der Waals surface area (Å²) in [4.78, 5) is 14.4. The Kier molecular flexibility index (Phi) is 6.76. The molecular formula is C21H27N3O4S. The first kappa shape index (κ1) is 21.1. The smallest absolute Gasteiger partial charge is 0.322 e. The molecule has 1 fully saturated rings. The van der Waals surface area contributed by atoms with Crippen LogP contribution in [0.4, 0.5) is 10.5 Å². The number of likely N-dealkylation sites (tertiary alicyclic amines) is 1. The maximum Gasteiger partial charge on any atom is 0.322 e. The van der Waals surface area contributed by atoms with E-state index in [0.29, 0.717) is 37.6 Å². The van der Waals surface area contributed by atoms with Crippen molar-refractivity contribution in [1.82, 2.24) is 9.62 Å². The maximum atomic E-state index is 12.8. The van der Waals surface area contributed by atoms with Crippen molar-refractivity contribution in [1.29, 1.82) is 0 Å². The third kappa shape index (κ3) is 6.47. The predicted molar refractivity (Wildman–Crippen MR) is 114 cm³/mol. The third-order valence-electron chi connectivity index (χ3n) is 4.71. The van der Waals surface area contributed by atoms with E-state index in [-0.39, 0.29) is 12.1 Å². The molecule has 1 aliphatic heterocycles. The molecule has 8 heteroatoms. The van der Waals surface area contributed by atoms with Crippen LogP contribution in [0.2, 0.25) is 0 Å². The standard InChI is InChI=1S/C21H27N3O4S/c1-16-10-11-19(20(13-16)28-15-17-7-4-3-5-8-17)22-21(25)24-12-6-9-18(14-24)23-29(2,26)27/h3-5,7-8,10-11,13,18,23H,6,9,12,14-15H2,1-2H3,(H,22,25)/t18-/m0/s1. The van der Waals surface area contributed by atoms with Crippen LogP contribution in [0.15, 0.2) is 48.5 Å². The van der Waals surface area contributed by atoms with Gasteiger partial charge < -0.3 is 15.0 Å². The van der Waals surface area contributed by atoms with Crippen LogP contribution in [0.3, 0.4) is 0 Å². The lowest BCUT2D eigenvalue weighted by atomic mass is 10.1. The SMILES string of the molecule is Cc1ccc(NC(=O)N2CCC[C@H](NS(C)(=O)=O)C2)c(OCc2ccccc2)c1. The Labute approximate surface area is 172 Å².